The summed E-state index contributed by atoms with van der Waals surface area (Å²) in [6.45, 7) is 2.87. The minimum Gasteiger partial charge on any atom is -0.341 e. The number of benzene rings is 2. The molecular formula is C16H17N3. The second-order valence-corrected chi connectivity index (χ2v) is 4.84. The van der Waals surface area contributed by atoms with Crippen LogP contribution in [0.3, 0.4) is 0 Å². The molecule has 0 aliphatic carbocycles. The summed E-state index contributed by atoms with van der Waals surface area (Å²) in [5.74, 6) is 0.960. The molecule has 0 amide bonds. The molecule has 19 heavy (non-hydrogen) atoms. The minimum atomic E-state index is 0.757. The molecule has 0 saturated carbocycles. The van der Waals surface area contributed by atoms with E-state index in [1.165, 1.54) is 21.9 Å². The van der Waals surface area contributed by atoms with Crippen molar-refractivity contribution in [3.63, 3.8) is 0 Å². The molecule has 3 aromatic rings. The summed E-state index contributed by atoms with van der Waals surface area (Å²) in [7, 11) is 1.92. The number of fused-ring (bicyclic) bond motifs is 1. The maximum absolute atomic E-state index is 4.36. The first-order valence-electron chi connectivity index (χ1n) is 6.45. The lowest BCUT2D eigenvalue weighted by Crippen LogP contribution is -2.06. The maximum atomic E-state index is 4.36. The number of aromatic amines is 1. The smallest absolute Gasteiger partial charge is 0.120 e. The van der Waals surface area contributed by atoms with Crippen LogP contribution >= 0.6 is 0 Å². The quantitative estimate of drug-likeness (QED) is 0.750. The van der Waals surface area contributed by atoms with Crippen molar-refractivity contribution in [2.75, 3.05) is 7.05 Å². The van der Waals surface area contributed by atoms with Crippen LogP contribution in [0.25, 0.3) is 22.0 Å². The number of hydrogen-bond acceptors (Lipinski definition) is 2. The van der Waals surface area contributed by atoms with E-state index in [-0.39, 0.29) is 0 Å². The van der Waals surface area contributed by atoms with Crippen LogP contribution in [-0.2, 0) is 6.54 Å². The molecule has 0 aliphatic rings. The maximum Gasteiger partial charge on any atom is 0.120 e. The predicted molar refractivity (Wildman–Crippen MR) is 79.0 cm³/mol. The molecule has 0 unspecified atom stereocenters. The van der Waals surface area contributed by atoms with Crippen LogP contribution in [0.2, 0.25) is 0 Å². The Balaban J connectivity index is 2.02. The molecule has 2 aromatic carbocycles. The first-order chi connectivity index (χ1) is 9.26. The van der Waals surface area contributed by atoms with Crippen molar-refractivity contribution in [2.24, 2.45) is 0 Å². The van der Waals surface area contributed by atoms with Crippen molar-refractivity contribution in [1.29, 1.82) is 0 Å². The molecule has 96 valence electrons. The molecule has 0 spiro atoms. The Hall–Kier alpha value is -2.13. The number of aryl methyl sites for hydroxylation is 1. The van der Waals surface area contributed by atoms with Gasteiger partial charge in [0, 0.05) is 5.56 Å². The van der Waals surface area contributed by atoms with Crippen molar-refractivity contribution in [3.05, 3.63) is 54.0 Å². The van der Waals surface area contributed by atoms with Gasteiger partial charge < -0.3 is 10.3 Å². The van der Waals surface area contributed by atoms with Gasteiger partial charge in [-0.2, -0.15) is 0 Å². The zero-order valence-corrected chi connectivity index (χ0v) is 11.2. The van der Waals surface area contributed by atoms with Gasteiger partial charge in [0.2, 0.25) is 0 Å². The number of hydrogen-bond donors (Lipinski definition) is 2. The molecule has 0 saturated heterocycles. The molecule has 1 aromatic heterocycles. The highest BCUT2D eigenvalue weighted by atomic mass is 15.0. The molecule has 1 heterocycles. The highest BCUT2D eigenvalue weighted by Gasteiger charge is 2.04. The summed E-state index contributed by atoms with van der Waals surface area (Å²) >= 11 is 0. The van der Waals surface area contributed by atoms with Crippen molar-refractivity contribution < 1.29 is 0 Å². The van der Waals surface area contributed by atoms with E-state index in [1.54, 1.807) is 0 Å². The number of imidazole rings is 1. The number of nitrogens with one attached hydrogen (secondary N) is 2. The van der Waals surface area contributed by atoms with Crippen molar-refractivity contribution in [1.82, 2.24) is 15.3 Å². The van der Waals surface area contributed by atoms with E-state index in [9.17, 15) is 0 Å². The summed E-state index contributed by atoms with van der Waals surface area (Å²) < 4.78 is 0. The van der Waals surface area contributed by atoms with Crippen molar-refractivity contribution >= 4 is 10.8 Å². The van der Waals surface area contributed by atoms with Crippen LogP contribution in [0.15, 0.2) is 42.6 Å². The van der Waals surface area contributed by atoms with Gasteiger partial charge in [-0.3, -0.25) is 0 Å². The van der Waals surface area contributed by atoms with Crippen LogP contribution < -0.4 is 5.32 Å². The standard InChI is InChI=1S/C16H17N3/c1-11-3-4-13-8-14(6-5-12(13)7-11)15-9-18-16(19-15)10-17-2/h3-9,17H,10H2,1-2H3,(H,18,19). The van der Waals surface area contributed by atoms with Gasteiger partial charge in [0.25, 0.3) is 0 Å². The molecule has 3 heteroatoms. The Labute approximate surface area is 112 Å². The first kappa shape index (κ1) is 11.9. The zero-order chi connectivity index (χ0) is 13.2. The Morgan fingerprint density at radius 3 is 2.74 bits per heavy atom. The van der Waals surface area contributed by atoms with Gasteiger partial charge in [0.05, 0.1) is 18.4 Å². The van der Waals surface area contributed by atoms with E-state index in [0.29, 0.717) is 0 Å². The summed E-state index contributed by atoms with van der Waals surface area (Å²) in [6, 6.07) is 13.0. The van der Waals surface area contributed by atoms with E-state index < -0.39 is 0 Å². The van der Waals surface area contributed by atoms with Crippen molar-refractivity contribution in [3.8, 4) is 11.3 Å². The van der Waals surface area contributed by atoms with E-state index in [2.05, 4.69) is 58.6 Å². The van der Waals surface area contributed by atoms with Crippen molar-refractivity contribution in [2.45, 2.75) is 13.5 Å². The second kappa shape index (κ2) is 4.86. The van der Waals surface area contributed by atoms with E-state index >= 15 is 0 Å². The average Bonchev–Trinajstić information content (AvgIpc) is 2.87. The van der Waals surface area contributed by atoms with Crippen LogP contribution in [0.4, 0.5) is 0 Å². The van der Waals surface area contributed by atoms with E-state index in [0.717, 1.165) is 18.1 Å². The summed E-state index contributed by atoms with van der Waals surface area (Å²) in [5.41, 5.74) is 3.53. The molecule has 3 rings (SSSR count). The molecule has 2 N–H and O–H groups in total. The van der Waals surface area contributed by atoms with Gasteiger partial charge in [-0.15, -0.1) is 0 Å². The first-order valence-corrected chi connectivity index (χ1v) is 6.45. The van der Waals surface area contributed by atoms with Gasteiger partial charge >= 0.3 is 0 Å². The third-order valence-electron chi connectivity index (χ3n) is 3.28. The molecule has 0 radical (unpaired) electrons. The predicted octanol–water partition coefficient (Wildman–Crippen LogP) is 3.26. The summed E-state index contributed by atoms with van der Waals surface area (Å²) in [6.07, 6.45) is 1.89. The largest absolute Gasteiger partial charge is 0.341 e. The lowest BCUT2D eigenvalue weighted by atomic mass is 10.0. The number of aromatic nitrogens is 2. The average molecular weight is 251 g/mol. The topological polar surface area (TPSA) is 40.7 Å². The third kappa shape index (κ3) is 2.37. The number of H-pyrrole nitrogens is 1. The van der Waals surface area contributed by atoms with E-state index in [1.807, 2.05) is 13.2 Å². The minimum absolute atomic E-state index is 0.757. The molecule has 0 fully saturated rings. The Bertz CT molecular complexity index is 713. The Kier molecular flexibility index (Phi) is 3.05. The Morgan fingerprint density at radius 2 is 1.89 bits per heavy atom. The molecule has 3 nitrogen and oxygen atoms in total. The van der Waals surface area contributed by atoms with Crippen LogP contribution in [0.5, 0.6) is 0 Å². The molecule has 0 aliphatic heterocycles. The SMILES string of the molecule is CNCc1ncc(-c2ccc3cc(C)ccc3c2)[nH]1. The fourth-order valence-electron chi connectivity index (χ4n) is 2.30. The molecular weight excluding hydrogens is 234 g/mol. The van der Waals surface area contributed by atoms with Crippen LogP contribution in [-0.4, -0.2) is 17.0 Å². The zero-order valence-electron chi connectivity index (χ0n) is 11.2. The normalized spacial score (nSPS) is 11.1. The highest BCUT2D eigenvalue weighted by Crippen LogP contribution is 2.23. The fourth-order valence-corrected chi connectivity index (χ4v) is 2.30. The third-order valence-corrected chi connectivity index (χ3v) is 3.28. The highest BCUT2D eigenvalue weighted by molar-refractivity contribution is 5.87. The van der Waals surface area contributed by atoms with Gasteiger partial charge in [-0.1, -0.05) is 35.9 Å². The fraction of sp³-hybridized carbons (Fsp3) is 0.188. The van der Waals surface area contributed by atoms with E-state index in [4.69, 9.17) is 0 Å². The van der Waals surface area contributed by atoms with Gasteiger partial charge in [0.15, 0.2) is 0 Å². The number of nitrogens with zero attached hydrogens (tertiary/aromatic N) is 1. The van der Waals surface area contributed by atoms with Crippen LogP contribution in [0.1, 0.15) is 11.4 Å². The lowest BCUT2D eigenvalue weighted by Gasteiger charge is -2.03. The molecule has 0 atom stereocenters. The van der Waals surface area contributed by atoms with Gasteiger partial charge in [-0.05, 0) is 30.8 Å². The second-order valence-electron chi connectivity index (χ2n) is 4.84. The monoisotopic (exact) mass is 251 g/mol. The summed E-state index contributed by atoms with van der Waals surface area (Å²) in [4.78, 5) is 7.69. The van der Waals surface area contributed by atoms with Gasteiger partial charge in [-0.25, -0.2) is 4.98 Å². The number of rotatable bonds is 3. The van der Waals surface area contributed by atoms with Crippen LogP contribution in [0, 0.1) is 6.92 Å². The summed E-state index contributed by atoms with van der Waals surface area (Å²) in [5, 5.41) is 5.62. The lowest BCUT2D eigenvalue weighted by molar-refractivity contribution is 0.772. The Morgan fingerprint density at radius 1 is 1.11 bits per heavy atom. The van der Waals surface area contributed by atoms with Gasteiger partial charge in [0.1, 0.15) is 5.82 Å². The molecule has 0 bridgehead atoms.